The molecule has 0 fully saturated rings. The normalized spacial score (nSPS) is 10.7. The molecular formula is C17H13ClIN3O. The number of nitrogens with zero attached hydrogens (tertiary/aromatic N) is 1. The molecule has 1 aromatic heterocycles. The van der Waals surface area contributed by atoms with Crippen LogP contribution in [0.2, 0.25) is 5.02 Å². The number of aromatic nitrogens is 2. The van der Waals surface area contributed by atoms with Crippen molar-refractivity contribution >= 4 is 45.8 Å². The van der Waals surface area contributed by atoms with E-state index in [9.17, 15) is 4.79 Å². The Balaban J connectivity index is 2.14. The summed E-state index contributed by atoms with van der Waals surface area (Å²) in [5, 5.41) is 7.58. The lowest BCUT2D eigenvalue weighted by Crippen LogP contribution is -2.06. The van der Waals surface area contributed by atoms with Crippen LogP contribution in [0.1, 0.15) is 21.5 Å². The fourth-order valence-corrected chi connectivity index (χ4v) is 3.22. The molecule has 0 saturated heterocycles. The van der Waals surface area contributed by atoms with Crippen LogP contribution in [-0.4, -0.2) is 16.0 Å². The molecular weight excluding hydrogens is 425 g/mol. The summed E-state index contributed by atoms with van der Waals surface area (Å²) in [6, 6.07) is 12.8. The highest BCUT2D eigenvalue weighted by Gasteiger charge is 2.22. The van der Waals surface area contributed by atoms with Gasteiger partial charge >= 0.3 is 0 Å². The first-order valence-corrected chi connectivity index (χ1v) is 8.33. The summed E-state index contributed by atoms with van der Waals surface area (Å²) in [6.07, 6.45) is 0. The van der Waals surface area contributed by atoms with E-state index in [0.29, 0.717) is 21.8 Å². The molecule has 3 rings (SSSR count). The first-order chi connectivity index (χ1) is 11.0. The van der Waals surface area contributed by atoms with Crippen molar-refractivity contribution in [3.8, 4) is 11.3 Å². The van der Waals surface area contributed by atoms with Gasteiger partial charge in [-0.15, -0.1) is 0 Å². The molecule has 0 amide bonds. The summed E-state index contributed by atoms with van der Waals surface area (Å²) in [5.74, 6) is 0.109. The molecule has 0 atom stereocenters. The van der Waals surface area contributed by atoms with Crippen molar-refractivity contribution in [1.82, 2.24) is 10.2 Å². The number of hydrogen-bond acceptors (Lipinski definition) is 3. The first kappa shape index (κ1) is 16.0. The SMILES string of the molecule is Cc1cc(Cl)ccc1-c1n[nH]c(N)c1C(=O)c1cccc(I)c1. The highest BCUT2D eigenvalue weighted by molar-refractivity contribution is 14.1. The van der Waals surface area contributed by atoms with Gasteiger partial charge in [-0.3, -0.25) is 9.89 Å². The van der Waals surface area contributed by atoms with Crippen molar-refractivity contribution in [2.24, 2.45) is 0 Å². The van der Waals surface area contributed by atoms with Crippen LogP contribution in [0.3, 0.4) is 0 Å². The number of carbonyl (C=O) groups excluding carboxylic acids is 1. The van der Waals surface area contributed by atoms with E-state index >= 15 is 0 Å². The summed E-state index contributed by atoms with van der Waals surface area (Å²) >= 11 is 8.18. The number of H-pyrrole nitrogens is 1. The Morgan fingerprint density at radius 1 is 1.26 bits per heavy atom. The smallest absolute Gasteiger partial charge is 0.199 e. The summed E-state index contributed by atoms with van der Waals surface area (Å²) in [7, 11) is 0. The monoisotopic (exact) mass is 437 g/mol. The third-order valence-electron chi connectivity index (χ3n) is 3.55. The second kappa shape index (κ2) is 6.33. The van der Waals surface area contributed by atoms with Gasteiger partial charge in [0.25, 0.3) is 0 Å². The Kier molecular flexibility index (Phi) is 4.41. The van der Waals surface area contributed by atoms with E-state index in [1.165, 1.54) is 0 Å². The number of benzene rings is 2. The first-order valence-electron chi connectivity index (χ1n) is 6.88. The van der Waals surface area contributed by atoms with Gasteiger partial charge in [-0.25, -0.2) is 0 Å². The van der Waals surface area contributed by atoms with Crippen LogP contribution in [0.15, 0.2) is 42.5 Å². The standard InChI is InChI=1S/C17H13ClIN3O/c1-9-7-11(18)5-6-13(9)15-14(17(20)22-21-15)16(23)10-3-2-4-12(19)8-10/h2-8H,1H3,(H3,20,21,22). The van der Waals surface area contributed by atoms with Crippen LogP contribution in [0.5, 0.6) is 0 Å². The Morgan fingerprint density at radius 2 is 2.04 bits per heavy atom. The molecule has 0 unspecified atom stereocenters. The summed E-state index contributed by atoms with van der Waals surface area (Å²) in [5.41, 5.74) is 9.24. The molecule has 1 heterocycles. The number of anilines is 1. The lowest BCUT2D eigenvalue weighted by Gasteiger charge is -2.07. The Hall–Kier alpha value is -1.86. The number of carbonyl (C=O) groups is 1. The molecule has 0 aliphatic rings. The molecule has 2 aromatic carbocycles. The molecule has 0 aliphatic carbocycles. The lowest BCUT2D eigenvalue weighted by molar-refractivity contribution is 0.104. The number of nitrogen functional groups attached to an aromatic ring is 1. The minimum absolute atomic E-state index is 0.154. The molecule has 4 nitrogen and oxygen atoms in total. The molecule has 116 valence electrons. The van der Waals surface area contributed by atoms with Crippen LogP contribution in [0, 0.1) is 10.5 Å². The van der Waals surface area contributed by atoms with Crippen molar-refractivity contribution in [2.75, 3.05) is 5.73 Å². The zero-order valence-corrected chi connectivity index (χ0v) is 15.1. The maximum atomic E-state index is 12.9. The van der Waals surface area contributed by atoms with Gasteiger partial charge < -0.3 is 5.73 Å². The van der Waals surface area contributed by atoms with E-state index in [1.807, 2.05) is 37.3 Å². The Bertz CT molecular complexity index is 905. The average molecular weight is 438 g/mol. The van der Waals surface area contributed by atoms with E-state index in [1.54, 1.807) is 12.1 Å². The molecule has 3 N–H and O–H groups in total. The van der Waals surface area contributed by atoms with Crippen molar-refractivity contribution in [3.63, 3.8) is 0 Å². The van der Waals surface area contributed by atoms with Crippen LogP contribution in [0.25, 0.3) is 11.3 Å². The Labute approximate surface area is 152 Å². The quantitative estimate of drug-likeness (QED) is 0.469. The minimum Gasteiger partial charge on any atom is -0.383 e. The molecule has 0 spiro atoms. The number of ketones is 1. The summed E-state index contributed by atoms with van der Waals surface area (Å²) in [6.45, 7) is 1.92. The molecule has 6 heteroatoms. The van der Waals surface area contributed by atoms with E-state index in [4.69, 9.17) is 17.3 Å². The van der Waals surface area contributed by atoms with Crippen LogP contribution >= 0.6 is 34.2 Å². The van der Waals surface area contributed by atoms with E-state index < -0.39 is 0 Å². The minimum atomic E-state index is -0.154. The number of hydrogen-bond donors (Lipinski definition) is 2. The zero-order chi connectivity index (χ0) is 16.6. The Morgan fingerprint density at radius 3 is 2.74 bits per heavy atom. The number of halogens is 2. The van der Waals surface area contributed by atoms with Crippen molar-refractivity contribution < 1.29 is 4.79 Å². The average Bonchev–Trinajstić information content (AvgIpc) is 2.88. The van der Waals surface area contributed by atoms with E-state index in [-0.39, 0.29) is 11.6 Å². The van der Waals surface area contributed by atoms with Gasteiger partial charge in [-0.2, -0.15) is 5.10 Å². The largest absolute Gasteiger partial charge is 0.383 e. The van der Waals surface area contributed by atoms with Crippen LogP contribution in [-0.2, 0) is 0 Å². The van der Waals surface area contributed by atoms with Gasteiger partial charge in [0, 0.05) is 19.7 Å². The number of aromatic amines is 1. The second-order valence-corrected chi connectivity index (χ2v) is 6.84. The molecule has 0 bridgehead atoms. The van der Waals surface area contributed by atoms with Gasteiger partial charge in [-0.05, 0) is 59.3 Å². The molecule has 0 aliphatic heterocycles. The highest BCUT2D eigenvalue weighted by atomic mass is 127. The third-order valence-corrected chi connectivity index (χ3v) is 4.46. The van der Waals surface area contributed by atoms with E-state index in [0.717, 1.165) is 14.7 Å². The molecule has 0 saturated carbocycles. The zero-order valence-electron chi connectivity index (χ0n) is 12.2. The summed E-state index contributed by atoms with van der Waals surface area (Å²) < 4.78 is 0.986. The highest BCUT2D eigenvalue weighted by Crippen LogP contribution is 2.31. The molecule has 3 aromatic rings. The fraction of sp³-hybridized carbons (Fsp3) is 0.0588. The van der Waals surface area contributed by atoms with Crippen LogP contribution in [0.4, 0.5) is 5.82 Å². The lowest BCUT2D eigenvalue weighted by atomic mass is 9.97. The van der Waals surface area contributed by atoms with Gasteiger partial charge in [-0.1, -0.05) is 29.8 Å². The maximum Gasteiger partial charge on any atom is 0.199 e. The molecule has 0 radical (unpaired) electrons. The van der Waals surface area contributed by atoms with Gasteiger partial charge in [0.15, 0.2) is 5.78 Å². The van der Waals surface area contributed by atoms with Gasteiger partial charge in [0.1, 0.15) is 11.5 Å². The van der Waals surface area contributed by atoms with Gasteiger partial charge in [0.05, 0.1) is 5.56 Å². The number of rotatable bonds is 3. The summed E-state index contributed by atoms with van der Waals surface area (Å²) in [4.78, 5) is 12.9. The third kappa shape index (κ3) is 3.11. The predicted molar refractivity (Wildman–Crippen MR) is 101 cm³/mol. The van der Waals surface area contributed by atoms with Crippen LogP contribution < -0.4 is 5.73 Å². The predicted octanol–water partition coefficient (Wildman–Crippen LogP) is 4.46. The number of aryl methyl sites for hydroxylation is 1. The number of nitrogens with two attached hydrogens (primary N) is 1. The topological polar surface area (TPSA) is 71.8 Å². The van der Waals surface area contributed by atoms with Gasteiger partial charge in [0.2, 0.25) is 0 Å². The van der Waals surface area contributed by atoms with E-state index in [2.05, 4.69) is 32.8 Å². The van der Waals surface area contributed by atoms with Crippen molar-refractivity contribution in [1.29, 1.82) is 0 Å². The second-order valence-electron chi connectivity index (χ2n) is 5.16. The van der Waals surface area contributed by atoms with Crippen molar-refractivity contribution in [2.45, 2.75) is 6.92 Å². The van der Waals surface area contributed by atoms with Crippen molar-refractivity contribution in [3.05, 3.63) is 67.7 Å². The molecule has 23 heavy (non-hydrogen) atoms. The maximum absolute atomic E-state index is 12.9. The number of nitrogens with one attached hydrogen (secondary N) is 1. The fourth-order valence-electron chi connectivity index (χ4n) is 2.45.